The summed E-state index contributed by atoms with van der Waals surface area (Å²) in [5.41, 5.74) is 1.66. The van der Waals surface area contributed by atoms with Gasteiger partial charge in [0.25, 0.3) is 0 Å². The fraction of sp³-hybridized carbons (Fsp3) is 0.294. The number of hydrogen-bond donors (Lipinski definition) is 1. The standard InChI is InChI=1S/C13H11Br2O3P.C4H10/c14-11-5-1-9(2-6-11)13(18-19(16)17)10-3-7-12(15)8-4-10;1-3-4-2/h1-8,13,19H,(H,16,17);3-4H2,1-2H3. The molecule has 0 aromatic heterocycles. The van der Waals surface area contributed by atoms with Gasteiger partial charge >= 0.3 is 8.25 Å². The summed E-state index contributed by atoms with van der Waals surface area (Å²) in [5, 5.41) is 0. The van der Waals surface area contributed by atoms with Crippen LogP contribution >= 0.6 is 40.1 Å². The van der Waals surface area contributed by atoms with E-state index in [1.165, 1.54) is 12.8 Å². The Labute approximate surface area is 155 Å². The van der Waals surface area contributed by atoms with Gasteiger partial charge in [0.05, 0.1) is 0 Å². The van der Waals surface area contributed by atoms with Gasteiger partial charge in [0.15, 0.2) is 0 Å². The van der Waals surface area contributed by atoms with Crippen LogP contribution in [0.1, 0.15) is 43.9 Å². The fourth-order valence-electron chi connectivity index (χ4n) is 1.70. The molecule has 0 heterocycles. The quantitative estimate of drug-likeness (QED) is 0.514. The summed E-state index contributed by atoms with van der Waals surface area (Å²) in [5.74, 6) is 0. The number of halogens is 2. The number of unbranched alkanes of at least 4 members (excludes halogenated alkanes) is 1. The van der Waals surface area contributed by atoms with Crippen LogP contribution in [0.4, 0.5) is 0 Å². The van der Waals surface area contributed by atoms with Crippen LogP contribution in [0.3, 0.4) is 0 Å². The highest BCUT2D eigenvalue weighted by Crippen LogP contribution is 2.35. The minimum Gasteiger partial charge on any atom is -0.326 e. The topological polar surface area (TPSA) is 46.5 Å². The maximum absolute atomic E-state index is 11.0. The molecule has 126 valence electrons. The third-order valence-corrected chi connectivity index (χ3v) is 4.56. The van der Waals surface area contributed by atoms with Crippen molar-refractivity contribution in [1.82, 2.24) is 0 Å². The lowest BCUT2D eigenvalue weighted by Crippen LogP contribution is -2.02. The fourth-order valence-corrected chi connectivity index (χ4v) is 2.71. The monoisotopic (exact) mass is 462 g/mol. The Kier molecular flexibility index (Phi) is 10.00. The first-order valence-corrected chi connectivity index (χ1v) is 10.2. The van der Waals surface area contributed by atoms with Crippen molar-refractivity contribution in [3.63, 3.8) is 0 Å². The van der Waals surface area contributed by atoms with Gasteiger partial charge in [-0.15, -0.1) is 0 Å². The molecule has 3 nitrogen and oxygen atoms in total. The van der Waals surface area contributed by atoms with Crippen molar-refractivity contribution < 1.29 is 14.0 Å². The summed E-state index contributed by atoms with van der Waals surface area (Å²) in [6, 6.07) is 14.9. The van der Waals surface area contributed by atoms with Crippen molar-refractivity contribution >= 4 is 40.1 Å². The van der Waals surface area contributed by atoms with Crippen molar-refractivity contribution in [1.29, 1.82) is 0 Å². The van der Waals surface area contributed by atoms with E-state index in [9.17, 15) is 4.57 Å². The SMILES string of the molecule is CCCC.O=[PH](O)OC(c1ccc(Br)cc1)c1ccc(Br)cc1. The second-order valence-electron chi connectivity index (χ2n) is 4.87. The average Bonchev–Trinajstić information content (AvgIpc) is 2.54. The number of hydrogen-bond acceptors (Lipinski definition) is 2. The Hall–Kier alpha value is -0.450. The molecule has 6 heteroatoms. The Balaban J connectivity index is 0.000000593. The van der Waals surface area contributed by atoms with Crippen molar-refractivity contribution in [3.05, 3.63) is 68.6 Å². The van der Waals surface area contributed by atoms with E-state index in [-0.39, 0.29) is 0 Å². The van der Waals surface area contributed by atoms with Crippen LogP contribution in [-0.4, -0.2) is 4.89 Å². The summed E-state index contributed by atoms with van der Waals surface area (Å²) < 4.78 is 18.1. The number of rotatable bonds is 5. The predicted molar refractivity (Wildman–Crippen MR) is 103 cm³/mol. The van der Waals surface area contributed by atoms with Crippen LogP contribution in [-0.2, 0) is 9.09 Å². The predicted octanol–water partition coefficient (Wildman–Crippen LogP) is 6.51. The molecular weight excluding hydrogens is 443 g/mol. The van der Waals surface area contributed by atoms with E-state index in [1.54, 1.807) is 0 Å². The second-order valence-corrected chi connectivity index (χ2v) is 7.47. The molecular formula is C17H21Br2O3P. The lowest BCUT2D eigenvalue weighted by Gasteiger charge is -2.17. The smallest absolute Gasteiger partial charge is 0.317 e. The molecule has 2 aromatic rings. The van der Waals surface area contributed by atoms with Gasteiger partial charge in [0.1, 0.15) is 6.10 Å². The molecule has 0 radical (unpaired) electrons. The zero-order valence-corrected chi connectivity index (χ0v) is 17.3. The average molecular weight is 464 g/mol. The van der Waals surface area contributed by atoms with E-state index in [1.807, 2.05) is 48.5 Å². The highest BCUT2D eigenvalue weighted by molar-refractivity contribution is 9.10. The Morgan fingerprint density at radius 2 is 1.26 bits per heavy atom. The van der Waals surface area contributed by atoms with Crippen LogP contribution in [0, 0.1) is 0 Å². The van der Waals surface area contributed by atoms with Crippen molar-refractivity contribution in [2.45, 2.75) is 32.8 Å². The lowest BCUT2D eigenvalue weighted by molar-refractivity contribution is 0.226. The zero-order valence-electron chi connectivity index (χ0n) is 13.1. The summed E-state index contributed by atoms with van der Waals surface area (Å²) in [6.07, 6.45) is 2.09. The van der Waals surface area contributed by atoms with Crippen LogP contribution < -0.4 is 0 Å². The van der Waals surface area contributed by atoms with Gasteiger partial charge in [-0.3, -0.25) is 9.09 Å². The van der Waals surface area contributed by atoms with E-state index in [0.29, 0.717) is 0 Å². The van der Waals surface area contributed by atoms with Crippen LogP contribution in [0.2, 0.25) is 0 Å². The molecule has 0 saturated carbocycles. The molecule has 1 N–H and O–H groups in total. The van der Waals surface area contributed by atoms with Gasteiger partial charge in [-0.1, -0.05) is 82.8 Å². The molecule has 2 aromatic carbocycles. The maximum atomic E-state index is 11.0. The normalized spacial score (nSPS) is 11.7. The molecule has 23 heavy (non-hydrogen) atoms. The van der Waals surface area contributed by atoms with Gasteiger partial charge in [0.2, 0.25) is 0 Å². The van der Waals surface area contributed by atoms with E-state index >= 15 is 0 Å². The van der Waals surface area contributed by atoms with Crippen molar-refractivity contribution in [2.24, 2.45) is 0 Å². The molecule has 0 amide bonds. The Morgan fingerprint density at radius 3 is 1.52 bits per heavy atom. The Bertz CT molecular complexity index is 553. The molecule has 1 unspecified atom stereocenters. The second kappa shape index (κ2) is 11.2. The van der Waals surface area contributed by atoms with E-state index in [0.717, 1.165) is 20.1 Å². The molecule has 1 atom stereocenters. The van der Waals surface area contributed by atoms with Crippen LogP contribution in [0.5, 0.6) is 0 Å². The highest BCUT2D eigenvalue weighted by Gasteiger charge is 2.16. The molecule has 0 aliphatic heterocycles. The molecule has 0 saturated heterocycles. The maximum Gasteiger partial charge on any atom is 0.317 e. The van der Waals surface area contributed by atoms with Gasteiger partial charge in [-0.05, 0) is 35.4 Å². The first-order chi connectivity index (χ1) is 11.0. The van der Waals surface area contributed by atoms with E-state index in [2.05, 4.69) is 45.7 Å². The molecule has 0 spiro atoms. The van der Waals surface area contributed by atoms with Crippen molar-refractivity contribution in [2.75, 3.05) is 0 Å². The van der Waals surface area contributed by atoms with Gasteiger partial charge in [-0.2, -0.15) is 0 Å². The summed E-state index contributed by atoms with van der Waals surface area (Å²) in [7, 11) is -3.02. The summed E-state index contributed by atoms with van der Waals surface area (Å²) >= 11 is 6.72. The molecule has 0 fully saturated rings. The van der Waals surface area contributed by atoms with Crippen LogP contribution in [0.15, 0.2) is 57.5 Å². The zero-order chi connectivity index (χ0) is 17.2. The van der Waals surface area contributed by atoms with E-state index < -0.39 is 14.4 Å². The third-order valence-electron chi connectivity index (χ3n) is 3.06. The highest BCUT2D eigenvalue weighted by atomic mass is 79.9. The minimum absolute atomic E-state index is 0.544. The van der Waals surface area contributed by atoms with Crippen LogP contribution in [0.25, 0.3) is 0 Å². The largest absolute Gasteiger partial charge is 0.326 e. The first-order valence-electron chi connectivity index (χ1n) is 7.38. The lowest BCUT2D eigenvalue weighted by atomic mass is 10.0. The molecule has 0 aliphatic rings. The third kappa shape index (κ3) is 7.77. The van der Waals surface area contributed by atoms with Gasteiger partial charge in [-0.25, -0.2) is 0 Å². The van der Waals surface area contributed by atoms with Crippen molar-refractivity contribution in [3.8, 4) is 0 Å². The molecule has 2 rings (SSSR count). The first kappa shape index (κ1) is 20.6. The Morgan fingerprint density at radius 1 is 0.913 bits per heavy atom. The number of benzene rings is 2. The molecule has 0 aliphatic carbocycles. The minimum atomic E-state index is -3.02. The summed E-state index contributed by atoms with van der Waals surface area (Å²) in [4.78, 5) is 9.06. The summed E-state index contributed by atoms with van der Waals surface area (Å²) in [6.45, 7) is 4.36. The van der Waals surface area contributed by atoms with E-state index in [4.69, 9.17) is 9.42 Å². The van der Waals surface area contributed by atoms with Gasteiger partial charge in [0, 0.05) is 8.95 Å². The molecule has 0 bridgehead atoms. The van der Waals surface area contributed by atoms with Gasteiger partial charge < -0.3 is 4.89 Å².